The number of rotatable bonds is 7. The Morgan fingerprint density at radius 3 is 2.60 bits per heavy atom. The Bertz CT molecular complexity index is 844. The molecule has 0 aliphatic heterocycles. The second-order valence-corrected chi connectivity index (χ2v) is 5.89. The van der Waals surface area contributed by atoms with Gasteiger partial charge in [0.05, 0.1) is 24.7 Å². The molecule has 25 heavy (non-hydrogen) atoms. The third-order valence-corrected chi connectivity index (χ3v) is 3.93. The van der Waals surface area contributed by atoms with E-state index in [0.29, 0.717) is 17.3 Å². The summed E-state index contributed by atoms with van der Waals surface area (Å²) in [5.74, 6) is 1.86. The fraction of sp³-hybridized carbons (Fsp3) is 0.316. The molecule has 132 valence electrons. The van der Waals surface area contributed by atoms with E-state index >= 15 is 0 Å². The van der Waals surface area contributed by atoms with Crippen molar-refractivity contribution in [3.8, 4) is 11.5 Å². The average Bonchev–Trinajstić information content (AvgIpc) is 2.99. The third kappa shape index (κ3) is 3.92. The summed E-state index contributed by atoms with van der Waals surface area (Å²) in [6.45, 7) is 2.07. The van der Waals surface area contributed by atoms with Crippen LogP contribution in [0.5, 0.6) is 11.5 Å². The molecule has 6 nitrogen and oxygen atoms in total. The van der Waals surface area contributed by atoms with Crippen molar-refractivity contribution >= 4 is 11.0 Å². The van der Waals surface area contributed by atoms with Gasteiger partial charge in [0.2, 0.25) is 0 Å². The van der Waals surface area contributed by atoms with Gasteiger partial charge >= 0.3 is 0 Å². The first-order valence-corrected chi connectivity index (χ1v) is 8.16. The van der Waals surface area contributed by atoms with Gasteiger partial charge in [-0.25, -0.2) is 4.98 Å². The Balaban J connectivity index is 1.73. The van der Waals surface area contributed by atoms with Crippen molar-refractivity contribution in [2.75, 3.05) is 13.7 Å². The number of imidazole rings is 1. The highest BCUT2D eigenvalue weighted by Gasteiger charge is 2.17. The molecule has 0 spiro atoms. The second kappa shape index (κ2) is 7.55. The van der Waals surface area contributed by atoms with E-state index in [1.807, 2.05) is 47.0 Å². The van der Waals surface area contributed by atoms with Crippen LogP contribution in [0.15, 0.2) is 48.5 Å². The van der Waals surface area contributed by atoms with Crippen LogP contribution in [0.25, 0.3) is 11.0 Å². The van der Waals surface area contributed by atoms with Crippen LogP contribution in [0.3, 0.4) is 0 Å². The molecule has 2 N–H and O–H groups in total. The number of aliphatic hydroxyl groups excluding tert-OH is 2. The summed E-state index contributed by atoms with van der Waals surface area (Å²) in [6.07, 6.45) is -1.47. The summed E-state index contributed by atoms with van der Waals surface area (Å²) in [5, 5.41) is 20.4. The molecule has 2 unspecified atom stereocenters. The number of hydrogen-bond acceptors (Lipinski definition) is 5. The molecule has 2 aromatic carbocycles. The maximum Gasteiger partial charge on any atom is 0.138 e. The molecule has 0 bridgehead atoms. The lowest BCUT2D eigenvalue weighted by Crippen LogP contribution is -2.25. The summed E-state index contributed by atoms with van der Waals surface area (Å²) < 4.78 is 12.6. The number of methoxy groups -OCH3 is 1. The fourth-order valence-corrected chi connectivity index (χ4v) is 2.75. The molecule has 0 saturated carbocycles. The number of aliphatic hydroxyl groups is 2. The van der Waals surface area contributed by atoms with E-state index in [2.05, 4.69) is 4.98 Å². The summed E-state index contributed by atoms with van der Waals surface area (Å²) >= 11 is 0. The van der Waals surface area contributed by atoms with Crippen LogP contribution in [0, 0.1) is 0 Å². The summed E-state index contributed by atoms with van der Waals surface area (Å²) in [6, 6.07) is 14.8. The first kappa shape index (κ1) is 17.3. The van der Waals surface area contributed by atoms with Crippen LogP contribution in [-0.2, 0) is 6.54 Å². The van der Waals surface area contributed by atoms with E-state index in [0.717, 1.165) is 11.0 Å². The molecule has 2 atom stereocenters. The topological polar surface area (TPSA) is 76.7 Å². The van der Waals surface area contributed by atoms with Gasteiger partial charge in [0.25, 0.3) is 0 Å². The van der Waals surface area contributed by atoms with E-state index in [-0.39, 0.29) is 13.2 Å². The summed E-state index contributed by atoms with van der Waals surface area (Å²) in [4.78, 5) is 4.45. The number of ether oxygens (including phenoxy) is 2. The molecule has 0 saturated heterocycles. The smallest absolute Gasteiger partial charge is 0.138 e. The summed E-state index contributed by atoms with van der Waals surface area (Å²) in [7, 11) is 1.59. The van der Waals surface area contributed by atoms with Crippen LogP contribution < -0.4 is 9.47 Å². The normalized spacial score (nSPS) is 13.6. The van der Waals surface area contributed by atoms with Gasteiger partial charge in [-0.05, 0) is 31.2 Å². The Hall–Kier alpha value is -2.57. The van der Waals surface area contributed by atoms with E-state index < -0.39 is 12.2 Å². The second-order valence-electron chi connectivity index (χ2n) is 5.89. The van der Waals surface area contributed by atoms with Gasteiger partial charge < -0.3 is 24.3 Å². The molecule has 1 aromatic heterocycles. The molecular formula is C19H22N2O4. The highest BCUT2D eigenvalue weighted by Crippen LogP contribution is 2.22. The molecule has 0 fully saturated rings. The Labute approximate surface area is 146 Å². The van der Waals surface area contributed by atoms with E-state index in [1.165, 1.54) is 0 Å². The molecule has 0 aliphatic carbocycles. The standard InChI is InChI=1S/C19H22N2O4/c1-13(22)19-20-17-8-3-4-9-18(17)21(19)11-14(23)12-25-16-7-5-6-15(10-16)24-2/h3-10,13-14,22-23H,11-12H2,1-2H3. The van der Waals surface area contributed by atoms with Crippen LogP contribution in [0.4, 0.5) is 0 Å². The molecular weight excluding hydrogens is 320 g/mol. The van der Waals surface area contributed by atoms with Crippen molar-refractivity contribution in [2.24, 2.45) is 0 Å². The lowest BCUT2D eigenvalue weighted by Gasteiger charge is -2.16. The molecule has 3 aromatic rings. The van der Waals surface area contributed by atoms with Crippen molar-refractivity contribution < 1.29 is 19.7 Å². The van der Waals surface area contributed by atoms with Gasteiger partial charge in [0, 0.05) is 6.07 Å². The molecule has 0 radical (unpaired) electrons. The van der Waals surface area contributed by atoms with E-state index in [1.54, 1.807) is 20.1 Å². The largest absolute Gasteiger partial charge is 0.497 e. The van der Waals surface area contributed by atoms with Crippen molar-refractivity contribution in [1.82, 2.24) is 9.55 Å². The zero-order valence-corrected chi connectivity index (χ0v) is 14.3. The first-order chi connectivity index (χ1) is 12.1. The zero-order valence-electron chi connectivity index (χ0n) is 14.3. The Morgan fingerprint density at radius 2 is 1.84 bits per heavy atom. The lowest BCUT2D eigenvalue weighted by atomic mass is 10.3. The highest BCUT2D eigenvalue weighted by atomic mass is 16.5. The van der Waals surface area contributed by atoms with Crippen LogP contribution in [0.2, 0.25) is 0 Å². The van der Waals surface area contributed by atoms with Crippen molar-refractivity contribution in [1.29, 1.82) is 0 Å². The minimum absolute atomic E-state index is 0.124. The number of aromatic nitrogens is 2. The molecule has 3 rings (SSSR count). The van der Waals surface area contributed by atoms with Gasteiger partial charge in [-0.1, -0.05) is 18.2 Å². The predicted octanol–water partition coefficient (Wildman–Crippen LogP) is 2.54. The third-order valence-electron chi connectivity index (χ3n) is 3.93. The zero-order chi connectivity index (χ0) is 17.8. The molecule has 6 heteroatoms. The SMILES string of the molecule is COc1cccc(OCC(O)Cn2c(C(C)O)nc3ccccc32)c1. The maximum atomic E-state index is 10.4. The van der Waals surface area contributed by atoms with Gasteiger partial charge in [-0.3, -0.25) is 0 Å². The number of para-hydroxylation sites is 2. The quantitative estimate of drug-likeness (QED) is 0.690. The molecule has 1 heterocycles. The van der Waals surface area contributed by atoms with Crippen molar-refractivity contribution in [3.05, 3.63) is 54.4 Å². The van der Waals surface area contributed by atoms with Gasteiger partial charge in [-0.2, -0.15) is 0 Å². The first-order valence-electron chi connectivity index (χ1n) is 8.16. The van der Waals surface area contributed by atoms with Gasteiger partial charge in [0.1, 0.15) is 36.1 Å². The number of nitrogens with zero attached hydrogens (tertiary/aromatic N) is 2. The number of hydrogen-bond donors (Lipinski definition) is 2. The maximum absolute atomic E-state index is 10.4. The Morgan fingerprint density at radius 1 is 1.08 bits per heavy atom. The fourth-order valence-electron chi connectivity index (χ4n) is 2.75. The van der Waals surface area contributed by atoms with Crippen LogP contribution >= 0.6 is 0 Å². The lowest BCUT2D eigenvalue weighted by molar-refractivity contribution is 0.0894. The highest BCUT2D eigenvalue weighted by molar-refractivity contribution is 5.76. The van der Waals surface area contributed by atoms with Crippen LogP contribution in [0.1, 0.15) is 18.9 Å². The summed E-state index contributed by atoms with van der Waals surface area (Å²) in [5.41, 5.74) is 1.66. The van der Waals surface area contributed by atoms with E-state index in [9.17, 15) is 10.2 Å². The number of fused-ring (bicyclic) bond motifs is 1. The minimum atomic E-state index is -0.749. The average molecular weight is 342 g/mol. The van der Waals surface area contributed by atoms with Crippen molar-refractivity contribution in [2.45, 2.75) is 25.7 Å². The molecule has 0 aliphatic rings. The van der Waals surface area contributed by atoms with Crippen molar-refractivity contribution in [3.63, 3.8) is 0 Å². The van der Waals surface area contributed by atoms with Gasteiger partial charge in [0.15, 0.2) is 0 Å². The predicted molar refractivity (Wildman–Crippen MR) is 94.9 cm³/mol. The Kier molecular flexibility index (Phi) is 5.21. The number of benzene rings is 2. The molecule has 0 amide bonds. The van der Waals surface area contributed by atoms with Gasteiger partial charge in [-0.15, -0.1) is 0 Å². The van der Waals surface area contributed by atoms with E-state index in [4.69, 9.17) is 9.47 Å². The monoisotopic (exact) mass is 342 g/mol. The van der Waals surface area contributed by atoms with Crippen LogP contribution in [-0.4, -0.2) is 39.6 Å². The minimum Gasteiger partial charge on any atom is -0.497 e.